The number of aromatic amines is 1. The predicted molar refractivity (Wildman–Crippen MR) is 134 cm³/mol. The number of H-pyrrole nitrogens is 1. The van der Waals surface area contributed by atoms with E-state index in [0.717, 1.165) is 37.6 Å². The van der Waals surface area contributed by atoms with Crippen LogP contribution in [0.3, 0.4) is 0 Å². The number of aromatic nitrogens is 3. The van der Waals surface area contributed by atoms with Crippen molar-refractivity contribution in [3.05, 3.63) is 84.3 Å². The molecule has 0 saturated heterocycles. The average molecular weight is 514 g/mol. The van der Waals surface area contributed by atoms with Crippen LogP contribution in [0.15, 0.2) is 78.2 Å². The second kappa shape index (κ2) is 10.8. The molecule has 0 radical (unpaired) electrons. The van der Waals surface area contributed by atoms with Crippen molar-refractivity contribution in [1.29, 1.82) is 0 Å². The van der Waals surface area contributed by atoms with E-state index < -0.39 is 0 Å². The molecule has 0 aliphatic heterocycles. The van der Waals surface area contributed by atoms with Crippen molar-refractivity contribution < 1.29 is 0 Å². The van der Waals surface area contributed by atoms with Gasteiger partial charge in [0.1, 0.15) is 0 Å². The molecule has 0 aliphatic rings. The minimum Gasteiger partial charge on any atom is -0.361 e. The molecule has 0 bridgehead atoms. The lowest BCUT2D eigenvalue weighted by molar-refractivity contribution is 0.785. The number of aliphatic imine (C=N–C) groups is 1. The zero-order chi connectivity index (χ0) is 19.9. The van der Waals surface area contributed by atoms with Gasteiger partial charge in [0.25, 0.3) is 0 Å². The van der Waals surface area contributed by atoms with Gasteiger partial charge < -0.3 is 15.6 Å². The topological polar surface area (TPSA) is 70.0 Å². The van der Waals surface area contributed by atoms with Crippen molar-refractivity contribution in [3.63, 3.8) is 0 Å². The van der Waals surface area contributed by atoms with Gasteiger partial charge in [-0.15, -0.1) is 24.0 Å². The molecular formula is C23H27IN6. The van der Waals surface area contributed by atoms with Crippen LogP contribution in [-0.2, 0) is 12.8 Å². The molecule has 0 aliphatic carbocycles. The SMILES string of the molecule is CN=C(NCCc1cnn(-c2ccccc2)c1)NCCc1c[nH]c2ccccc12.I. The zero-order valence-electron chi connectivity index (χ0n) is 17.0. The molecule has 0 saturated carbocycles. The van der Waals surface area contributed by atoms with Crippen molar-refractivity contribution in [2.24, 2.45) is 4.99 Å². The second-order valence-corrected chi connectivity index (χ2v) is 6.91. The van der Waals surface area contributed by atoms with E-state index in [-0.39, 0.29) is 24.0 Å². The highest BCUT2D eigenvalue weighted by atomic mass is 127. The van der Waals surface area contributed by atoms with Gasteiger partial charge in [0.05, 0.1) is 11.9 Å². The van der Waals surface area contributed by atoms with Gasteiger partial charge in [-0.3, -0.25) is 4.99 Å². The van der Waals surface area contributed by atoms with Crippen LogP contribution in [0, 0.1) is 0 Å². The number of guanidine groups is 1. The van der Waals surface area contributed by atoms with Gasteiger partial charge >= 0.3 is 0 Å². The summed E-state index contributed by atoms with van der Waals surface area (Å²) in [5, 5.41) is 12.5. The molecule has 0 amide bonds. The first kappa shape index (κ1) is 21.9. The van der Waals surface area contributed by atoms with Gasteiger partial charge in [0, 0.05) is 43.4 Å². The van der Waals surface area contributed by atoms with E-state index in [2.05, 4.69) is 74.5 Å². The molecule has 4 rings (SSSR count). The molecular weight excluding hydrogens is 487 g/mol. The van der Waals surface area contributed by atoms with Crippen molar-refractivity contribution in [3.8, 4) is 5.69 Å². The van der Waals surface area contributed by atoms with Crippen LogP contribution in [0.4, 0.5) is 0 Å². The van der Waals surface area contributed by atoms with Gasteiger partial charge in [0.2, 0.25) is 0 Å². The smallest absolute Gasteiger partial charge is 0.190 e. The highest BCUT2D eigenvalue weighted by Gasteiger charge is 2.04. The molecule has 0 fully saturated rings. The summed E-state index contributed by atoms with van der Waals surface area (Å²) in [6, 6.07) is 18.5. The fraction of sp³-hybridized carbons (Fsp3) is 0.217. The Kier molecular flexibility index (Phi) is 7.89. The summed E-state index contributed by atoms with van der Waals surface area (Å²) in [6.07, 6.45) is 7.91. The number of nitrogens with one attached hydrogen (secondary N) is 3. The minimum atomic E-state index is 0. The third-order valence-electron chi connectivity index (χ3n) is 4.95. The molecule has 3 N–H and O–H groups in total. The van der Waals surface area contributed by atoms with Crippen LogP contribution >= 0.6 is 24.0 Å². The lowest BCUT2D eigenvalue weighted by Crippen LogP contribution is -2.39. The first-order chi connectivity index (χ1) is 14.3. The van der Waals surface area contributed by atoms with Gasteiger partial charge in [-0.2, -0.15) is 5.10 Å². The van der Waals surface area contributed by atoms with E-state index in [1.807, 2.05) is 29.1 Å². The fourth-order valence-corrected chi connectivity index (χ4v) is 3.41. The first-order valence-corrected chi connectivity index (χ1v) is 9.92. The summed E-state index contributed by atoms with van der Waals surface area (Å²) in [6.45, 7) is 1.63. The van der Waals surface area contributed by atoms with E-state index >= 15 is 0 Å². The van der Waals surface area contributed by atoms with Crippen molar-refractivity contribution in [2.75, 3.05) is 20.1 Å². The Morgan fingerprint density at radius 2 is 1.73 bits per heavy atom. The highest BCUT2D eigenvalue weighted by Crippen LogP contribution is 2.17. The van der Waals surface area contributed by atoms with Crippen LogP contribution in [0.1, 0.15) is 11.1 Å². The maximum Gasteiger partial charge on any atom is 0.190 e. The summed E-state index contributed by atoms with van der Waals surface area (Å²) in [7, 11) is 1.80. The largest absolute Gasteiger partial charge is 0.361 e. The quantitative estimate of drug-likeness (QED) is 0.199. The summed E-state index contributed by atoms with van der Waals surface area (Å²) < 4.78 is 1.91. The van der Waals surface area contributed by atoms with E-state index in [9.17, 15) is 0 Å². The van der Waals surface area contributed by atoms with E-state index in [1.165, 1.54) is 22.0 Å². The van der Waals surface area contributed by atoms with Crippen LogP contribution < -0.4 is 10.6 Å². The number of halogens is 1. The van der Waals surface area contributed by atoms with Crippen molar-refractivity contribution >= 4 is 40.8 Å². The predicted octanol–water partition coefficient (Wildman–Crippen LogP) is 3.92. The van der Waals surface area contributed by atoms with Gasteiger partial charge in [-0.1, -0.05) is 36.4 Å². The number of rotatable bonds is 7. The molecule has 2 aromatic carbocycles. The van der Waals surface area contributed by atoms with E-state index in [4.69, 9.17) is 0 Å². The van der Waals surface area contributed by atoms with Crippen LogP contribution in [0.2, 0.25) is 0 Å². The number of nitrogens with zero attached hydrogens (tertiary/aromatic N) is 3. The maximum absolute atomic E-state index is 4.45. The second-order valence-electron chi connectivity index (χ2n) is 6.91. The Bertz CT molecular complexity index is 1080. The Morgan fingerprint density at radius 1 is 1.00 bits per heavy atom. The molecule has 7 heteroatoms. The maximum atomic E-state index is 4.45. The number of fused-ring (bicyclic) bond motifs is 1. The van der Waals surface area contributed by atoms with Crippen LogP contribution in [-0.4, -0.2) is 40.9 Å². The highest BCUT2D eigenvalue weighted by molar-refractivity contribution is 14.0. The summed E-state index contributed by atoms with van der Waals surface area (Å²) >= 11 is 0. The number of hydrogen-bond acceptors (Lipinski definition) is 2. The fourth-order valence-electron chi connectivity index (χ4n) is 3.41. The van der Waals surface area contributed by atoms with Gasteiger partial charge in [0.15, 0.2) is 5.96 Å². The van der Waals surface area contributed by atoms with Crippen molar-refractivity contribution in [1.82, 2.24) is 25.4 Å². The lowest BCUT2D eigenvalue weighted by atomic mass is 10.1. The monoisotopic (exact) mass is 514 g/mol. The normalized spacial score (nSPS) is 11.3. The van der Waals surface area contributed by atoms with E-state index in [1.54, 1.807) is 7.05 Å². The molecule has 6 nitrogen and oxygen atoms in total. The molecule has 156 valence electrons. The Labute approximate surface area is 193 Å². The molecule has 0 unspecified atom stereocenters. The Morgan fingerprint density at radius 3 is 2.53 bits per heavy atom. The minimum absolute atomic E-state index is 0. The van der Waals surface area contributed by atoms with Gasteiger partial charge in [-0.25, -0.2) is 4.68 Å². The van der Waals surface area contributed by atoms with Crippen LogP contribution in [0.25, 0.3) is 16.6 Å². The summed E-state index contributed by atoms with van der Waals surface area (Å²) in [4.78, 5) is 7.64. The first-order valence-electron chi connectivity index (χ1n) is 9.92. The molecule has 30 heavy (non-hydrogen) atoms. The average Bonchev–Trinajstić information content (AvgIpc) is 3.41. The molecule has 2 aromatic heterocycles. The van der Waals surface area contributed by atoms with Crippen LogP contribution in [0.5, 0.6) is 0 Å². The number of hydrogen-bond donors (Lipinski definition) is 3. The number of benzene rings is 2. The summed E-state index contributed by atoms with van der Waals surface area (Å²) in [5.41, 5.74) is 4.76. The van der Waals surface area contributed by atoms with Crippen molar-refractivity contribution in [2.45, 2.75) is 12.8 Å². The Hall–Kier alpha value is -2.81. The lowest BCUT2D eigenvalue weighted by Gasteiger charge is -2.11. The zero-order valence-corrected chi connectivity index (χ0v) is 19.3. The molecule has 0 atom stereocenters. The molecule has 4 aromatic rings. The molecule has 0 spiro atoms. The standard InChI is InChI=1S/C23H26N6.HI/c1-24-23(26-14-12-19-16-27-22-10-6-5-9-21(19)22)25-13-11-18-15-28-29(17-18)20-7-3-2-4-8-20;/h2-10,15-17,27H,11-14H2,1H3,(H2,24,25,26);1H. The summed E-state index contributed by atoms with van der Waals surface area (Å²) in [5.74, 6) is 0.820. The Balaban J connectivity index is 0.00000256. The molecule has 2 heterocycles. The third kappa shape index (κ3) is 5.41. The number of para-hydroxylation sites is 2. The third-order valence-corrected chi connectivity index (χ3v) is 4.95. The van der Waals surface area contributed by atoms with Gasteiger partial charge in [-0.05, 0) is 42.2 Å². The van der Waals surface area contributed by atoms with E-state index in [0.29, 0.717) is 0 Å².